The fraction of sp³-hybridized carbons (Fsp3) is 0.318. The number of benzene rings is 2. The summed E-state index contributed by atoms with van der Waals surface area (Å²) in [6.07, 6.45) is 0.0446. The molecule has 29 heavy (non-hydrogen) atoms. The monoisotopic (exact) mass is 414 g/mol. The molecule has 1 unspecified atom stereocenters. The van der Waals surface area contributed by atoms with E-state index in [1.165, 1.54) is 4.90 Å². The van der Waals surface area contributed by atoms with Crippen LogP contribution in [0, 0.1) is 26.7 Å². The maximum Gasteiger partial charge on any atom is 0.311 e. The number of aryl methyl sites for hydroxylation is 3. The van der Waals surface area contributed by atoms with Gasteiger partial charge in [0, 0.05) is 29.4 Å². The molecule has 0 saturated carbocycles. The predicted octanol–water partition coefficient (Wildman–Crippen LogP) is 3.80. The van der Waals surface area contributed by atoms with E-state index in [-0.39, 0.29) is 18.9 Å². The third-order valence-corrected chi connectivity index (χ3v) is 5.35. The van der Waals surface area contributed by atoms with Gasteiger partial charge in [0.15, 0.2) is 6.61 Å². The lowest BCUT2D eigenvalue weighted by Crippen LogP contribution is -2.28. The van der Waals surface area contributed by atoms with E-state index >= 15 is 0 Å². The smallest absolute Gasteiger partial charge is 0.311 e. The minimum atomic E-state index is -0.615. The van der Waals surface area contributed by atoms with Crippen molar-refractivity contribution < 1.29 is 19.1 Å². The van der Waals surface area contributed by atoms with E-state index in [1.54, 1.807) is 12.1 Å². The molecule has 152 valence electrons. The van der Waals surface area contributed by atoms with Gasteiger partial charge in [0.05, 0.1) is 5.92 Å². The SMILES string of the molecule is Cc1ccc(C)c(NC(=O)COC(=O)C2CC(=O)N(c3ccc(C)c(Cl)c3)C2)c1. The van der Waals surface area contributed by atoms with Gasteiger partial charge < -0.3 is 15.0 Å². The molecule has 7 heteroatoms. The first-order valence-corrected chi connectivity index (χ1v) is 9.72. The van der Waals surface area contributed by atoms with Crippen LogP contribution in [0.1, 0.15) is 23.1 Å². The number of hydrogen-bond acceptors (Lipinski definition) is 4. The van der Waals surface area contributed by atoms with E-state index in [0.29, 0.717) is 16.4 Å². The van der Waals surface area contributed by atoms with E-state index in [0.717, 1.165) is 16.7 Å². The lowest BCUT2D eigenvalue weighted by molar-refractivity contribution is -0.151. The highest BCUT2D eigenvalue weighted by Crippen LogP contribution is 2.29. The summed E-state index contributed by atoms with van der Waals surface area (Å²) in [6.45, 7) is 5.50. The predicted molar refractivity (Wildman–Crippen MR) is 112 cm³/mol. The summed E-state index contributed by atoms with van der Waals surface area (Å²) in [4.78, 5) is 38.3. The molecule has 2 aromatic rings. The maximum absolute atomic E-state index is 12.4. The van der Waals surface area contributed by atoms with Crippen molar-refractivity contribution in [1.29, 1.82) is 0 Å². The van der Waals surface area contributed by atoms with Crippen LogP contribution in [0.3, 0.4) is 0 Å². The van der Waals surface area contributed by atoms with Crippen LogP contribution in [0.25, 0.3) is 0 Å². The molecule has 1 N–H and O–H groups in total. The first-order valence-electron chi connectivity index (χ1n) is 9.35. The summed E-state index contributed by atoms with van der Waals surface area (Å²) >= 11 is 6.14. The Morgan fingerprint density at radius 1 is 1.14 bits per heavy atom. The zero-order chi connectivity index (χ0) is 21.1. The molecule has 0 radical (unpaired) electrons. The average molecular weight is 415 g/mol. The van der Waals surface area contributed by atoms with Gasteiger partial charge in [-0.1, -0.05) is 29.8 Å². The topological polar surface area (TPSA) is 75.7 Å². The van der Waals surface area contributed by atoms with Crippen LogP contribution in [0.5, 0.6) is 0 Å². The van der Waals surface area contributed by atoms with Crippen molar-refractivity contribution in [1.82, 2.24) is 0 Å². The zero-order valence-corrected chi connectivity index (χ0v) is 17.4. The van der Waals surface area contributed by atoms with Crippen molar-refractivity contribution in [3.8, 4) is 0 Å². The number of hydrogen-bond donors (Lipinski definition) is 1. The second-order valence-corrected chi connectivity index (χ2v) is 7.72. The second kappa shape index (κ2) is 8.66. The van der Waals surface area contributed by atoms with Gasteiger partial charge in [-0.3, -0.25) is 14.4 Å². The van der Waals surface area contributed by atoms with Gasteiger partial charge in [0.2, 0.25) is 5.91 Å². The van der Waals surface area contributed by atoms with Crippen LogP contribution >= 0.6 is 11.6 Å². The normalized spacial score (nSPS) is 16.1. The number of rotatable bonds is 5. The maximum atomic E-state index is 12.4. The van der Waals surface area contributed by atoms with Crippen LogP contribution in [0.15, 0.2) is 36.4 Å². The Morgan fingerprint density at radius 2 is 1.86 bits per heavy atom. The Labute approximate surface area is 174 Å². The number of esters is 1. The number of ether oxygens (including phenoxy) is 1. The minimum absolute atomic E-state index is 0.0446. The van der Waals surface area contributed by atoms with Crippen molar-refractivity contribution in [3.63, 3.8) is 0 Å². The van der Waals surface area contributed by atoms with Gasteiger partial charge in [-0.15, -0.1) is 0 Å². The summed E-state index contributed by atoms with van der Waals surface area (Å²) in [6, 6.07) is 11.1. The number of nitrogens with one attached hydrogen (secondary N) is 1. The number of carbonyl (C=O) groups is 3. The fourth-order valence-electron chi connectivity index (χ4n) is 3.18. The number of carbonyl (C=O) groups excluding carboxylic acids is 3. The van der Waals surface area contributed by atoms with E-state index in [2.05, 4.69) is 5.32 Å². The molecule has 1 aliphatic heterocycles. The zero-order valence-electron chi connectivity index (χ0n) is 16.6. The fourth-order valence-corrected chi connectivity index (χ4v) is 3.35. The molecule has 1 saturated heterocycles. The summed E-state index contributed by atoms with van der Waals surface area (Å²) < 4.78 is 5.15. The number of amides is 2. The molecule has 1 fully saturated rings. The summed E-state index contributed by atoms with van der Waals surface area (Å²) in [7, 11) is 0. The lowest BCUT2D eigenvalue weighted by atomic mass is 10.1. The Kier molecular flexibility index (Phi) is 6.23. The first-order chi connectivity index (χ1) is 13.7. The highest BCUT2D eigenvalue weighted by atomic mass is 35.5. The Bertz CT molecular complexity index is 973. The average Bonchev–Trinajstić information content (AvgIpc) is 3.07. The largest absolute Gasteiger partial charge is 0.455 e. The van der Waals surface area contributed by atoms with Crippen LogP contribution in [0.4, 0.5) is 11.4 Å². The van der Waals surface area contributed by atoms with Crippen molar-refractivity contribution in [2.75, 3.05) is 23.4 Å². The van der Waals surface area contributed by atoms with Crippen molar-refractivity contribution in [3.05, 3.63) is 58.1 Å². The molecule has 3 rings (SSSR count). The molecule has 0 bridgehead atoms. The number of nitrogens with zero attached hydrogens (tertiary/aromatic N) is 1. The van der Waals surface area contributed by atoms with E-state index in [9.17, 15) is 14.4 Å². The third kappa shape index (κ3) is 4.95. The molecule has 2 aromatic carbocycles. The molecular weight excluding hydrogens is 392 g/mol. The summed E-state index contributed by atoms with van der Waals surface area (Å²) in [5.74, 6) is -1.77. The van der Waals surface area contributed by atoms with E-state index in [1.807, 2.05) is 45.0 Å². The number of halogens is 1. The van der Waals surface area contributed by atoms with Gasteiger partial charge in [-0.05, 0) is 55.7 Å². The van der Waals surface area contributed by atoms with Crippen LogP contribution < -0.4 is 10.2 Å². The molecule has 1 heterocycles. The number of anilines is 2. The van der Waals surface area contributed by atoms with Gasteiger partial charge >= 0.3 is 5.97 Å². The minimum Gasteiger partial charge on any atom is -0.455 e. The van der Waals surface area contributed by atoms with Gasteiger partial charge in [0.1, 0.15) is 0 Å². The van der Waals surface area contributed by atoms with Gasteiger partial charge in [-0.25, -0.2) is 0 Å². The highest BCUT2D eigenvalue weighted by Gasteiger charge is 2.36. The van der Waals surface area contributed by atoms with Crippen molar-refractivity contribution in [2.24, 2.45) is 5.92 Å². The van der Waals surface area contributed by atoms with Crippen molar-refractivity contribution >= 4 is 40.8 Å². The molecular formula is C22H23ClN2O4. The van der Waals surface area contributed by atoms with Crippen LogP contribution in [0.2, 0.25) is 5.02 Å². The Balaban J connectivity index is 1.56. The van der Waals surface area contributed by atoms with Gasteiger partial charge in [-0.2, -0.15) is 0 Å². The second-order valence-electron chi connectivity index (χ2n) is 7.31. The molecule has 1 atom stereocenters. The molecule has 1 aliphatic rings. The molecule has 0 aliphatic carbocycles. The first kappa shape index (κ1) is 20.9. The molecule has 6 nitrogen and oxygen atoms in total. The Hall–Kier alpha value is -2.86. The summed E-state index contributed by atoms with van der Waals surface area (Å²) in [5, 5.41) is 3.30. The quantitative estimate of drug-likeness (QED) is 0.755. The highest BCUT2D eigenvalue weighted by molar-refractivity contribution is 6.31. The molecule has 0 aromatic heterocycles. The van der Waals surface area contributed by atoms with Crippen LogP contribution in [-0.2, 0) is 19.1 Å². The third-order valence-electron chi connectivity index (χ3n) is 4.94. The Morgan fingerprint density at radius 3 is 2.59 bits per heavy atom. The van der Waals surface area contributed by atoms with E-state index < -0.39 is 24.4 Å². The molecule has 2 amide bonds. The van der Waals surface area contributed by atoms with Crippen LogP contribution in [-0.4, -0.2) is 30.9 Å². The lowest BCUT2D eigenvalue weighted by Gasteiger charge is -2.17. The van der Waals surface area contributed by atoms with Gasteiger partial charge in [0.25, 0.3) is 5.91 Å². The standard InChI is InChI=1S/C22H23ClN2O4/c1-13-4-5-15(3)19(8-13)24-20(26)12-29-22(28)16-9-21(27)25(11-16)17-7-6-14(2)18(23)10-17/h4-8,10,16H,9,11-12H2,1-3H3,(H,24,26). The van der Waals surface area contributed by atoms with E-state index in [4.69, 9.17) is 16.3 Å². The van der Waals surface area contributed by atoms with Crippen molar-refractivity contribution in [2.45, 2.75) is 27.2 Å². The molecule has 0 spiro atoms. The summed E-state index contributed by atoms with van der Waals surface area (Å²) in [5.41, 5.74) is 4.18.